The zero-order valence-electron chi connectivity index (χ0n) is 9.65. The molecule has 1 aromatic heterocycles. The smallest absolute Gasteiger partial charge is 0.343 e. The maximum atomic E-state index is 11.7. The largest absolute Gasteiger partial charge is 0.467 e. The third-order valence-corrected chi connectivity index (χ3v) is 1.91. The minimum Gasteiger partial charge on any atom is -0.467 e. The maximum Gasteiger partial charge on any atom is 0.343 e. The van der Waals surface area contributed by atoms with Crippen LogP contribution in [0.2, 0.25) is 0 Å². The summed E-state index contributed by atoms with van der Waals surface area (Å²) in [4.78, 5) is 15.7. The van der Waals surface area contributed by atoms with Gasteiger partial charge in [0.25, 0.3) is 0 Å². The van der Waals surface area contributed by atoms with E-state index in [0.717, 1.165) is 0 Å². The molecule has 0 fully saturated rings. The molecule has 0 aliphatic rings. The lowest BCUT2D eigenvalue weighted by Gasteiger charge is -2.11. The molecule has 0 spiro atoms. The second-order valence-electron chi connectivity index (χ2n) is 3.04. The first-order valence-corrected chi connectivity index (χ1v) is 4.95. The van der Waals surface area contributed by atoms with E-state index in [2.05, 4.69) is 4.98 Å². The Balaban J connectivity index is 2.98. The van der Waals surface area contributed by atoms with Gasteiger partial charge in [-0.25, -0.2) is 4.79 Å². The molecular formula is C11H15NO4. The lowest BCUT2D eigenvalue weighted by molar-refractivity contribution is 0.0436. The van der Waals surface area contributed by atoms with Gasteiger partial charge in [-0.05, 0) is 19.9 Å². The number of carbonyl (C=O) groups excluding carboxylic acids is 1. The summed E-state index contributed by atoms with van der Waals surface area (Å²) in [5.74, 6) is -0.00740. The fourth-order valence-electron chi connectivity index (χ4n) is 1.24. The van der Waals surface area contributed by atoms with Crippen LogP contribution < -0.4 is 4.74 Å². The van der Waals surface area contributed by atoms with Gasteiger partial charge in [-0.15, -0.1) is 0 Å². The van der Waals surface area contributed by atoms with E-state index in [0.29, 0.717) is 23.6 Å². The summed E-state index contributed by atoms with van der Waals surface area (Å²) in [6.45, 7) is 3.87. The van der Waals surface area contributed by atoms with Crippen LogP contribution >= 0.6 is 0 Å². The summed E-state index contributed by atoms with van der Waals surface area (Å²) in [5.41, 5.74) is 0.924. The van der Waals surface area contributed by atoms with Gasteiger partial charge in [-0.3, -0.25) is 4.98 Å². The van der Waals surface area contributed by atoms with Crippen molar-refractivity contribution in [1.29, 1.82) is 0 Å². The zero-order valence-corrected chi connectivity index (χ0v) is 9.65. The molecule has 0 amide bonds. The highest BCUT2D eigenvalue weighted by Gasteiger charge is 2.17. The molecule has 1 aromatic rings. The molecule has 1 rings (SSSR count). The van der Waals surface area contributed by atoms with Crippen molar-refractivity contribution in [3.05, 3.63) is 23.5 Å². The molecule has 0 atom stereocenters. The number of esters is 1. The summed E-state index contributed by atoms with van der Waals surface area (Å²) >= 11 is 0. The van der Waals surface area contributed by atoms with E-state index in [9.17, 15) is 4.79 Å². The Morgan fingerprint density at radius 3 is 2.88 bits per heavy atom. The van der Waals surface area contributed by atoms with Crippen LogP contribution in [0.1, 0.15) is 23.0 Å². The predicted molar refractivity (Wildman–Crippen MR) is 57.4 cm³/mol. The lowest BCUT2D eigenvalue weighted by atomic mass is 10.2. The van der Waals surface area contributed by atoms with E-state index in [1.54, 1.807) is 26.1 Å². The Bertz CT molecular complexity index is 365. The number of hydrogen-bond acceptors (Lipinski definition) is 5. The van der Waals surface area contributed by atoms with E-state index in [-0.39, 0.29) is 6.79 Å². The molecule has 0 bridgehead atoms. The second kappa shape index (κ2) is 6.07. The molecule has 16 heavy (non-hydrogen) atoms. The van der Waals surface area contributed by atoms with Crippen molar-refractivity contribution in [2.24, 2.45) is 0 Å². The van der Waals surface area contributed by atoms with E-state index in [4.69, 9.17) is 14.2 Å². The molecule has 5 nitrogen and oxygen atoms in total. The Labute approximate surface area is 94.3 Å². The molecule has 0 saturated carbocycles. The second-order valence-corrected chi connectivity index (χ2v) is 3.04. The summed E-state index contributed by atoms with van der Waals surface area (Å²) < 4.78 is 15.0. The van der Waals surface area contributed by atoms with Gasteiger partial charge in [0.15, 0.2) is 6.79 Å². The summed E-state index contributed by atoms with van der Waals surface area (Å²) in [5, 5.41) is 0. The number of carbonyl (C=O) groups is 1. The summed E-state index contributed by atoms with van der Waals surface area (Å²) in [6.07, 6.45) is 1.57. The van der Waals surface area contributed by atoms with Crippen LogP contribution in [0, 0.1) is 6.92 Å². The Morgan fingerprint density at radius 1 is 1.50 bits per heavy atom. The maximum absolute atomic E-state index is 11.7. The van der Waals surface area contributed by atoms with Crippen molar-refractivity contribution in [2.75, 3.05) is 20.5 Å². The zero-order chi connectivity index (χ0) is 12.0. The number of hydrogen-bond donors (Lipinski definition) is 0. The van der Waals surface area contributed by atoms with Crippen LogP contribution in [0.15, 0.2) is 12.3 Å². The quantitative estimate of drug-likeness (QED) is 0.562. The molecule has 0 saturated heterocycles. The summed E-state index contributed by atoms with van der Waals surface area (Å²) in [6, 6.07) is 1.61. The standard InChI is InChI=1S/C11H15NO4/c1-4-15-11(13)10-8(2)12-6-5-9(10)16-7-14-3/h5-6H,4,7H2,1-3H3. The van der Waals surface area contributed by atoms with Crippen molar-refractivity contribution < 1.29 is 19.0 Å². The monoisotopic (exact) mass is 225 g/mol. The summed E-state index contributed by atoms with van der Waals surface area (Å²) in [7, 11) is 1.51. The highest BCUT2D eigenvalue weighted by molar-refractivity contribution is 5.93. The van der Waals surface area contributed by atoms with Crippen molar-refractivity contribution in [3.8, 4) is 5.75 Å². The van der Waals surface area contributed by atoms with Crippen LogP contribution in [0.3, 0.4) is 0 Å². The molecule has 0 aliphatic carbocycles. The SMILES string of the molecule is CCOC(=O)c1c(OCOC)ccnc1C. The number of pyridine rings is 1. The molecule has 88 valence electrons. The number of ether oxygens (including phenoxy) is 3. The minimum atomic E-state index is -0.431. The van der Waals surface area contributed by atoms with Gasteiger partial charge >= 0.3 is 5.97 Å². The first-order valence-electron chi connectivity index (χ1n) is 4.95. The minimum absolute atomic E-state index is 0.0792. The number of nitrogens with zero attached hydrogens (tertiary/aromatic N) is 1. The number of methoxy groups -OCH3 is 1. The predicted octanol–water partition coefficient (Wildman–Crippen LogP) is 1.55. The first-order chi connectivity index (χ1) is 7.70. The number of aromatic nitrogens is 1. The lowest BCUT2D eigenvalue weighted by Crippen LogP contribution is -2.11. The highest BCUT2D eigenvalue weighted by atomic mass is 16.7. The Morgan fingerprint density at radius 2 is 2.25 bits per heavy atom. The van der Waals surface area contributed by atoms with Crippen molar-refractivity contribution in [3.63, 3.8) is 0 Å². The first kappa shape index (κ1) is 12.4. The van der Waals surface area contributed by atoms with E-state index in [1.165, 1.54) is 7.11 Å². The van der Waals surface area contributed by atoms with Gasteiger partial charge < -0.3 is 14.2 Å². The van der Waals surface area contributed by atoms with Crippen LogP contribution in [0.5, 0.6) is 5.75 Å². The van der Waals surface area contributed by atoms with Crippen LogP contribution in [0.25, 0.3) is 0 Å². The van der Waals surface area contributed by atoms with E-state index in [1.807, 2.05) is 0 Å². The Kier molecular flexibility index (Phi) is 4.72. The molecule has 5 heteroatoms. The molecule has 0 N–H and O–H groups in total. The average molecular weight is 225 g/mol. The normalized spacial score (nSPS) is 9.94. The highest BCUT2D eigenvalue weighted by Crippen LogP contribution is 2.21. The number of aryl methyl sites for hydroxylation is 1. The van der Waals surface area contributed by atoms with Crippen LogP contribution in [-0.2, 0) is 9.47 Å². The third-order valence-electron chi connectivity index (χ3n) is 1.91. The molecule has 0 aliphatic heterocycles. The van der Waals surface area contributed by atoms with Crippen LogP contribution in [0.4, 0.5) is 0 Å². The average Bonchev–Trinajstić information content (AvgIpc) is 2.26. The van der Waals surface area contributed by atoms with Crippen molar-refractivity contribution in [2.45, 2.75) is 13.8 Å². The molecule has 1 heterocycles. The Hall–Kier alpha value is -1.62. The van der Waals surface area contributed by atoms with Crippen molar-refractivity contribution >= 4 is 5.97 Å². The van der Waals surface area contributed by atoms with Crippen molar-refractivity contribution in [1.82, 2.24) is 4.98 Å². The third kappa shape index (κ3) is 2.93. The topological polar surface area (TPSA) is 57.7 Å². The number of rotatable bonds is 5. The molecule has 0 unspecified atom stereocenters. The van der Waals surface area contributed by atoms with Gasteiger partial charge in [-0.1, -0.05) is 0 Å². The van der Waals surface area contributed by atoms with Crippen LogP contribution in [-0.4, -0.2) is 31.5 Å². The molecule has 0 aromatic carbocycles. The molecule has 0 radical (unpaired) electrons. The van der Waals surface area contributed by atoms with Gasteiger partial charge in [0, 0.05) is 13.3 Å². The fourth-order valence-corrected chi connectivity index (χ4v) is 1.24. The van der Waals surface area contributed by atoms with Gasteiger partial charge in [0.1, 0.15) is 11.3 Å². The molecular weight excluding hydrogens is 210 g/mol. The van der Waals surface area contributed by atoms with E-state index < -0.39 is 5.97 Å². The van der Waals surface area contributed by atoms with Gasteiger partial charge in [-0.2, -0.15) is 0 Å². The van der Waals surface area contributed by atoms with Gasteiger partial charge in [0.05, 0.1) is 12.3 Å². The van der Waals surface area contributed by atoms with E-state index >= 15 is 0 Å². The van der Waals surface area contributed by atoms with Gasteiger partial charge in [0.2, 0.25) is 0 Å². The fraction of sp³-hybridized carbons (Fsp3) is 0.455.